The third-order valence-electron chi connectivity index (χ3n) is 3.22. The zero-order valence-electron chi connectivity index (χ0n) is 8.87. The van der Waals surface area contributed by atoms with Gasteiger partial charge >= 0.3 is 0 Å². The SMILES string of the molecule is CCC1CNC(Cc2ccccc2)C1. The van der Waals surface area contributed by atoms with E-state index in [0.717, 1.165) is 5.92 Å². The number of benzene rings is 1. The van der Waals surface area contributed by atoms with E-state index < -0.39 is 0 Å². The lowest BCUT2D eigenvalue weighted by atomic mass is 9.99. The van der Waals surface area contributed by atoms with Crippen molar-refractivity contribution in [2.24, 2.45) is 5.92 Å². The number of hydrogen-bond donors (Lipinski definition) is 1. The van der Waals surface area contributed by atoms with Crippen LogP contribution in [0.5, 0.6) is 0 Å². The maximum absolute atomic E-state index is 3.61. The summed E-state index contributed by atoms with van der Waals surface area (Å²) in [4.78, 5) is 0. The second-order valence-electron chi connectivity index (χ2n) is 4.30. The Hall–Kier alpha value is -0.820. The van der Waals surface area contributed by atoms with Gasteiger partial charge in [0.2, 0.25) is 0 Å². The van der Waals surface area contributed by atoms with E-state index in [9.17, 15) is 0 Å². The van der Waals surface area contributed by atoms with E-state index in [-0.39, 0.29) is 0 Å². The Morgan fingerprint density at radius 2 is 2.07 bits per heavy atom. The normalized spacial score (nSPS) is 26.6. The molecule has 2 unspecified atom stereocenters. The summed E-state index contributed by atoms with van der Waals surface area (Å²) in [6.45, 7) is 3.51. The van der Waals surface area contributed by atoms with Gasteiger partial charge in [0.1, 0.15) is 0 Å². The van der Waals surface area contributed by atoms with Gasteiger partial charge in [-0.1, -0.05) is 43.7 Å². The smallest absolute Gasteiger partial charge is 0.0111 e. The van der Waals surface area contributed by atoms with Crippen molar-refractivity contribution in [3.05, 3.63) is 35.9 Å². The van der Waals surface area contributed by atoms with Gasteiger partial charge in [-0.05, 0) is 30.9 Å². The highest BCUT2D eigenvalue weighted by Crippen LogP contribution is 2.19. The minimum absolute atomic E-state index is 0.711. The predicted molar refractivity (Wildman–Crippen MR) is 60.3 cm³/mol. The lowest BCUT2D eigenvalue weighted by Gasteiger charge is -2.09. The van der Waals surface area contributed by atoms with E-state index in [1.807, 2.05) is 0 Å². The van der Waals surface area contributed by atoms with E-state index in [1.165, 1.54) is 31.4 Å². The molecule has 76 valence electrons. The zero-order valence-corrected chi connectivity index (χ0v) is 8.87. The molecule has 0 saturated carbocycles. The molecule has 2 rings (SSSR count). The lowest BCUT2D eigenvalue weighted by molar-refractivity contribution is 0.536. The van der Waals surface area contributed by atoms with Gasteiger partial charge in [0.25, 0.3) is 0 Å². The van der Waals surface area contributed by atoms with E-state index in [2.05, 4.69) is 42.6 Å². The average Bonchev–Trinajstić information content (AvgIpc) is 2.67. The summed E-state index contributed by atoms with van der Waals surface area (Å²) >= 11 is 0. The first kappa shape index (κ1) is 9.72. The van der Waals surface area contributed by atoms with Gasteiger partial charge in [-0.25, -0.2) is 0 Å². The molecule has 0 radical (unpaired) electrons. The van der Waals surface area contributed by atoms with Gasteiger partial charge in [0.05, 0.1) is 0 Å². The fourth-order valence-electron chi connectivity index (χ4n) is 2.27. The van der Waals surface area contributed by atoms with Crippen LogP contribution in [-0.2, 0) is 6.42 Å². The van der Waals surface area contributed by atoms with Gasteiger partial charge in [-0.15, -0.1) is 0 Å². The molecule has 2 atom stereocenters. The molecule has 0 bridgehead atoms. The summed E-state index contributed by atoms with van der Waals surface area (Å²) in [5, 5.41) is 3.61. The third kappa shape index (κ3) is 2.36. The Bertz CT molecular complexity index is 268. The summed E-state index contributed by atoms with van der Waals surface area (Å²) in [6.07, 6.45) is 3.86. The van der Waals surface area contributed by atoms with E-state index in [1.54, 1.807) is 0 Å². The first-order valence-corrected chi connectivity index (χ1v) is 5.65. The molecule has 1 aliphatic heterocycles. The maximum Gasteiger partial charge on any atom is 0.0111 e. The van der Waals surface area contributed by atoms with Crippen LogP contribution >= 0.6 is 0 Å². The van der Waals surface area contributed by atoms with Crippen molar-refractivity contribution in [3.63, 3.8) is 0 Å². The number of nitrogens with one attached hydrogen (secondary N) is 1. The van der Waals surface area contributed by atoms with E-state index in [0.29, 0.717) is 6.04 Å². The average molecular weight is 189 g/mol. The van der Waals surface area contributed by atoms with Crippen LogP contribution < -0.4 is 5.32 Å². The zero-order chi connectivity index (χ0) is 9.80. The van der Waals surface area contributed by atoms with Crippen molar-refractivity contribution >= 4 is 0 Å². The van der Waals surface area contributed by atoms with Crippen molar-refractivity contribution < 1.29 is 0 Å². The predicted octanol–water partition coefficient (Wildman–Crippen LogP) is 2.62. The van der Waals surface area contributed by atoms with Gasteiger partial charge in [0.15, 0.2) is 0 Å². The fourth-order valence-corrected chi connectivity index (χ4v) is 2.27. The molecule has 0 aromatic heterocycles. The Kier molecular flexibility index (Phi) is 3.20. The summed E-state index contributed by atoms with van der Waals surface area (Å²) in [5.41, 5.74) is 1.46. The molecule has 1 nitrogen and oxygen atoms in total. The highest BCUT2D eigenvalue weighted by molar-refractivity contribution is 5.16. The molecule has 0 spiro atoms. The van der Waals surface area contributed by atoms with E-state index in [4.69, 9.17) is 0 Å². The van der Waals surface area contributed by atoms with Crippen LogP contribution in [0.15, 0.2) is 30.3 Å². The first-order chi connectivity index (χ1) is 6.88. The van der Waals surface area contributed by atoms with E-state index >= 15 is 0 Å². The molecule has 0 aliphatic carbocycles. The summed E-state index contributed by atoms with van der Waals surface area (Å²) in [6, 6.07) is 11.5. The maximum atomic E-state index is 3.61. The Morgan fingerprint density at radius 3 is 2.71 bits per heavy atom. The van der Waals surface area contributed by atoms with Crippen LogP contribution in [-0.4, -0.2) is 12.6 Å². The standard InChI is InChI=1S/C13H19N/c1-2-11-8-13(14-10-11)9-12-6-4-3-5-7-12/h3-7,11,13-14H,2,8-10H2,1H3. The van der Waals surface area contributed by atoms with Gasteiger partial charge in [0, 0.05) is 6.04 Å². The number of rotatable bonds is 3. The largest absolute Gasteiger partial charge is 0.313 e. The minimum atomic E-state index is 0.711. The third-order valence-corrected chi connectivity index (χ3v) is 3.22. The van der Waals surface area contributed by atoms with Crippen molar-refractivity contribution in [2.45, 2.75) is 32.2 Å². The Labute approximate surface area is 86.5 Å². The van der Waals surface area contributed by atoms with Gasteiger partial charge < -0.3 is 5.32 Å². The minimum Gasteiger partial charge on any atom is -0.313 e. The molecule has 1 saturated heterocycles. The summed E-state index contributed by atoms with van der Waals surface area (Å²) in [5.74, 6) is 0.906. The number of hydrogen-bond acceptors (Lipinski definition) is 1. The Morgan fingerprint density at radius 1 is 1.29 bits per heavy atom. The van der Waals surface area contributed by atoms with Crippen LogP contribution in [0.1, 0.15) is 25.3 Å². The fraction of sp³-hybridized carbons (Fsp3) is 0.538. The molecule has 1 aliphatic rings. The molecule has 1 aromatic rings. The molecule has 1 heterocycles. The molecular weight excluding hydrogens is 170 g/mol. The topological polar surface area (TPSA) is 12.0 Å². The van der Waals surface area contributed by atoms with Gasteiger partial charge in [-0.3, -0.25) is 0 Å². The highest BCUT2D eigenvalue weighted by Gasteiger charge is 2.22. The van der Waals surface area contributed by atoms with Crippen LogP contribution in [0.2, 0.25) is 0 Å². The summed E-state index contributed by atoms with van der Waals surface area (Å²) < 4.78 is 0. The van der Waals surface area contributed by atoms with Crippen molar-refractivity contribution in [2.75, 3.05) is 6.54 Å². The van der Waals surface area contributed by atoms with Crippen molar-refractivity contribution in [3.8, 4) is 0 Å². The molecule has 14 heavy (non-hydrogen) atoms. The van der Waals surface area contributed by atoms with Crippen LogP contribution in [0.3, 0.4) is 0 Å². The molecule has 1 heteroatoms. The summed E-state index contributed by atoms with van der Waals surface area (Å²) in [7, 11) is 0. The lowest BCUT2D eigenvalue weighted by Crippen LogP contribution is -2.23. The highest BCUT2D eigenvalue weighted by atomic mass is 14.9. The van der Waals surface area contributed by atoms with Gasteiger partial charge in [-0.2, -0.15) is 0 Å². The second kappa shape index (κ2) is 4.61. The van der Waals surface area contributed by atoms with Crippen LogP contribution in [0.4, 0.5) is 0 Å². The first-order valence-electron chi connectivity index (χ1n) is 5.65. The van der Waals surface area contributed by atoms with Crippen molar-refractivity contribution in [1.82, 2.24) is 5.32 Å². The molecular formula is C13H19N. The van der Waals surface area contributed by atoms with Crippen LogP contribution in [0.25, 0.3) is 0 Å². The van der Waals surface area contributed by atoms with Crippen LogP contribution in [0, 0.1) is 5.92 Å². The molecule has 1 N–H and O–H groups in total. The molecule has 1 aromatic carbocycles. The quantitative estimate of drug-likeness (QED) is 0.770. The molecule has 0 amide bonds. The Balaban J connectivity index is 1.88. The monoisotopic (exact) mass is 189 g/mol. The molecule has 1 fully saturated rings. The van der Waals surface area contributed by atoms with Crippen molar-refractivity contribution in [1.29, 1.82) is 0 Å². The second-order valence-corrected chi connectivity index (χ2v) is 4.30.